The standard InChI is InChI=1S/C12H25NO2S/c1-10-5-7-12(13,11(2)9-10)6-4-8-16(3,14)15/h10-11H,4-9,13H2,1-3H3. The third kappa shape index (κ3) is 4.06. The van der Waals surface area contributed by atoms with Crippen LogP contribution in [0.1, 0.15) is 46.0 Å². The second kappa shape index (κ2) is 5.05. The topological polar surface area (TPSA) is 60.2 Å². The maximum atomic E-state index is 11.1. The molecule has 0 aromatic rings. The lowest BCUT2D eigenvalue weighted by atomic mass is 9.69. The van der Waals surface area contributed by atoms with Gasteiger partial charge in [-0.3, -0.25) is 0 Å². The van der Waals surface area contributed by atoms with Crippen LogP contribution in [-0.2, 0) is 9.84 Å². The number of nitrogens with two attached hydrogens (primary N) is 1. The fourth-order valence-corrected chi connectivity index (χ4v) is 3.42. The number of hydrogen-bond acceptors (Lipinski definition) is 3. The molecule has 1 saturated carbocycles. The van der Waals surface area contributed by atoms with Crippen molar-refractivity contribution in [3.05, 3.63) is 0 Å². The molecule has 1 rings (SSSR count). The van der Waals surface area contributed by atoms with E-state index in [1.807, 2.05) is 0 Å². The molecule has 0 radical (unpaired) electrons. The van der Waals surface area contributed by atoms with E-state index in [0.717, 1.165) is 18.8 Å². The van der Waals surface area contributed by atoms with E-state index >= 15 is 0 Å². The summed E-state index contributed by atoms with van der Waals surface area (Å²) in [6.45, 7) is 4.47. The fourth-order valence-electron chi connectivity index (χ4n) is 2.75. The predicted octanol–water partition coefficient (Wildman–Crippen LogP) is 1.96. The van der Waals surface area contributed by atoms with E-state index in [-0.39, 0.29) is 11.3 Å². The van der Waals surface area contributed by atoms with Crippen molar-refractivity contribution in [3.63, 3.8) is 0 Å². The van der Waals surface area contributed by atoms with Crippen LogP contribution in [0.25, 0.3) is 0 Å². The van der Waals surface area contributed by atoms with Crippen molar-refractivity contribution in [2.24, 2.45) is 17.6 Å². The lowest BCUT2D eigenvalue weighted by molar-refractivity contribution is 0.153. The zero-order valence-corrected chi connectivity index (χ0v) is 11.5. The van der Waals surface area contributed by atoms with Crippen LogP contribution >= 0.6 is 0 Å². The van der Waals surface area contributed by atoms with Gasteiger partial charge in [0.15, 0.2) is 0 Å². The summed E-state index contributed by atoms with van der Waals surface area (Å²) in [5.74, 6) is 1.55. The van der Waals surface area contributed by atoms with Crippen LogP contribution in [0.5, 0.6) is 0 Å². The van der Waals surface area contributed by atoms with Gasteiger partial charge in [0.2, 0.25) is 0 Å². The van der Waals surface area contributed by atoms with E-state index in [1.54, 1.807) is 0 Å². The maximum Gasteiger partial charge on any atom is 0.147 e. The molecule has 0 aliphatic heterocycles. The summed E-state index contributed by atoms with van der Waals surface area (Å²) in [5, 5.41) is 0. The van der Waals surface area contributed by atoms with E-state index in [2.05, 4.69) is 13.8 Å². The molecule has 16 heavy (non-hydrogen) atoms. The first-order valence-electron chi connectivity index (χ1n) is 6.19. The average Bonchev–Trinajstić information content (AvgIpc) is 2.10. The smallest absolute Gasteiger partial charge is 0.147 e. The highest BCUT2D eigenvalue weighted by Crippen LogP contribution is 2.37. The van der Waals surface area contributed by atoms with Crippen molar-refractivity contribution in [2.75, 3.05) is 12.0 Å². The minimum atomic E-state index is -2.84. The Morgan fingerprint density at radius 2 is 2.00 bits per heavy atom. The van der Waals surface area contributed by atoms with E-state index in [9.17, 15) is 8.42 Å². The summed E-state index contributed by atoms with van der Waals surface area (Å²) < 4.78 is 22.1. The molecule has 3 unspecified atom stereocenters. The quantitative estimate of drug-likeness (QED) is 0.826. The lowest BCUT2D eigenvalue weighted by Crippen LogP contribution is -2.49. The average molecular weight is 247 g/mol. The Bertz CT molecular complexity index is 326. The van der Waals surface area contributed by atoms with Crippen LogP contribution < -0.4 is 5.73 Å². The highest BCUT2D eigenvalue weighted by atomic mass is 32.2. The Labute approximate surface area is 99.7 Å². The molecule has 1 fully saturated rings. The molecule has 3 nitrogen and oxygen atoms in total. The molecule has 0 aromatic carbocycles. The number of rotatable bonds is 4. The molecule has 4 heteroatoms. The van der Waals surface area contributed by atoms with Crippen LogP contribution in [0.15, 0.2) is 0 Å². The molecule has 0 saturated heterocycles. The van der Waals surface area contributed by atoms with Crippen molar-refractivity contribution < 1.29 is 8.42 Å². The van der Waals surface area contributed by atoms with E-state index < -0.39 is 9.84 Å². The summed E-state index contributed by atoms with van der Waals surface area (Å²) in [7, 11) is -2.84. The van der Waals surface area contributed by atoms with Crippen LogP contribution in [0.3, 0.4) is 0 Å². The summed E-state index contributed by atoms with van der Waals surface area (Å²) >= 11 is 0. The monoisotopic (exact) mass is 247 g/mol. The van der Waals surface area contributed by atoms with Gasteiger partial charge in [0, 0.05) is 17.5 Å². The van der Waals surface area contributed by atoms with Gasteiger partial charge in [0.1, 0.15) is 9.84 Å². The van der Waals surface area contributed by atoms with Gasteiger partial charge in [-0.1, -0.05) is 13.8 Å². The van der Waals surface area contributed by atoms with Crippen LogP contribution in [0.4, 0.5) is 0 Å². The third-order valence-electron chi connectivity index (χ3n) is 4.00. The molecule has 96 valence electrons. The van der Waals surface area contributed by atoms with E-state index in [1.165, 1.54) is 19.1 Å². The fraction of sp³-hybridized carbons (Fsp3) is 1.00. The predicted molar refractivity (Wildman–Crippen MR) is 68.0 cm³/mol. The van der Waals surface area contributed by atoms with Gasteiger partial charge in [0.25, 0.3) is 0 Å². The van der Waals surface area contributed by atoms with Crippen LogP contribution in [0, 0.1) is 11.8 Å². The summed E-state index contributed by atoms with van der Waals surface area (Å²) in [6.07, 6.45) is 6.23. The molecule has 1 aliphatic carbocycles. The molecule has 1 aliphatic rings. The largest absolute Gasteiger partial charge is 0.325 e. The Morgan fingerprint density at radius 3 is 2.50 bits per heavy atom. The van der Waals surface area contributed by atoms with Gasteiger partial charge in [-0.2, -0.15) is 0 Å². The number of sulfone groups is 1. The first-order chi connectivity index (χ1) is 7.23. The van der Waals surface area contributed by atoms with Crippen LogP contribution in [-0.4, -0.2) is 26.0 Å². The van der Waals surface area contributed by atoms with E-state index in [0.29, 0.717) is 12.3 Å². The Balaban J connectivity index is 2.46. The van der Waals surface area contributed by atoms with Gasteiger partial charge in [-0.15, -0.1) is 0 Å². The summed E-state index contributed by atoms with van der Waals surface area (Å²) in [4.78, 5) is 0. The normalized spacial score (nSPS) is 36.2. The van der Waals surface area contributed by atoms with Gasteiger partial charge in [-0.25, -0.2) is 8.42 Å². The van der Waals surface area contributed by atoms with Gasteiger partial charge in [-0.05, 0) is 43.9 Å². The molecule has 0 spiro atoms. The first kappa shape index (κ1) is 14.0. The summed E-state index contributed by atoms with van der Waals surface area (Å²) in [5.41, 5.74) is 6.27. The minimum Gasteiger partial charge on any atom is -0.325 e. The second-order valence-electron chi connectivity index (χ2n) is 5.75. The second-order valence-corrected chi connectivity index (χ2v) is 8.01. The zero-order valence-electron chi connectivity index (χ0n) is 10.7. The third-order valence-corrected chi connectivity index (χ3v) is 5.03. The van der Waals surface area contributed by atoms with Gasteiger partial charge >= 0.3 is 0 Å². The van der Waals surface area contributed by atoms with E-state index in [4.69, 9.17) is 5.73 Å². The van der Waals surface area contributed by atoms with Gasteiger partial charge < -0.3 is 5.73 Å². The van der Waals surface area contributed by atoms with Crippen molar-refractivity contribution in [1.82, 2.24) is 0 Å². The Hall–Kier alpha value is -0.0900. The van der Waals surface area contributed by atoms with Crippen molar-refractivity contribution in [1.29, 1.82) is 0 Å². The molecule has 3 atom stereocenters. The summed E-state index contributed by atoms with van der Waals surface area (Å²) in [6, 6.07) is 0. The SMILES string of the molecule is CC1CCC(N)(CCCS(C)(=O)=O)C(C)C1. The molecule has 0 aromatic heterocycles. The highest BCUT2D eigenvalue weighted by Gasteiger charge is 2.36. The van der Waals surface area contributed by atoms with Gasteiger partial charge in [0.05, 0.1) is 0 Å². The highest BCUT2D eigenvalue weighted by molar-refractivity contribution is 7.90. The maximum absolute atomic E-state index is 11.1. The molecular weight excluding hydrogens is 222 g/mol. The zero-order chi connectivity index (χ0) is 12.4. The Morgan fingerprint density at radius 1 is 1.38 bits per heavy atom. The Kier molecular flexibility index (Phi) is 4.41. The molecule has 0 bridgehead atoms. The molecule has 2 N–H and O–H groups in total. The molecule has 0 amide bonds. The lowest BCUT2D eigenvalue weighted by Gasteiger charge is -2.42. The van der Waals surface area contributed by atoms with Crippen molar-refractivity contribution in [2.45, 2.75) is 51.5 Å². The first-order valence-corrected chi connectivity index (χ1v) is 8.25. The van der Waals surface area contributed by atoms with Crippen molar-refractivity contribution >= 4 is 9.84 Å². The minimum absolute atomic E-state index is 0.128. The van der Waals surface area contributed by atoms with Crippen molar-refractivity contribution in [3.8, 4) is 0 Å². The molecular formula is C12H25NO2S. The number of hydrogen-bond donors (Lipinski definition) is 1. The molecule has 0 heterocycles. The van der Waals surface area contributed by atoms with Crippen LogP contribution in [0.2, 0.25) is 0 Å².